The molecule has 2 saturated heterocycles. The van der Waals surface area contributed by atoms with Gasteiger partial charge >= 0.3 is 0 Å². The van der Waals surface area contributed by atoms with E-state index in [-0.39, 0.29) is 60.4 Å². The highest BCUT2D eigenvalue weighted by molar-refractivity contribution is 5.09. The van der Waals surface area contributed by atoms with Crippen molar-refractivity contribution in [2.24, 2.45) is 10.8 Å². The zero-order chi connectivity index (χ0) is 33.2. The highest BCUT2D eigenvalue weighted by Crippen LogP contribution is 2.34. The van der Waals surface area contributed by atoms with Gasteiger partial charge in [0.2, 0.25) is 0 Å². The molecule has 0 aliphatic carbocycles. The molecule has 0 unspecified atom stereocenters. The molecule has 11 heteroatoms. The van der Waals surface area contributed by atoms with Gasteiger partial charge in [-0.1, -0.05) is 65.2 Å². The van der Waals surface area contributed by atoms with Gasteiger partial charge in [-0.2, -0.15) is 0 Å². The lowest BCUT2D eigenvalue weighted by Gasteiger charge is -2.41. The first-order valence-corrected chi connectivity index (χ1v) is 18.3. The van der Waals surface area contributed by atoms with Crippen LogP contribution in [-0.4, -0.2) is 63.1 Å². The van der Waals surface area contributed by atoms with Crippen molar-refractivity contribution in [2.75, 3.05) is 52.9 Å². The van der Waals surface area contributed by atoms with Crippen molar-refractivity contribution in [3.8, 4) is 0 Å². The first-order chi connectivity index (χ1) is 23.0. The molecule has 0 atom stereocenters. The van der Waals surface area contributed by atoms with Crippen molar-refractivity contribution in [1.82, 2.24) is 0 Å². The number of ether oxygens (including phenoxy) is 5. The van der Waals surface area contributed by atoms with Crippen LogP contribution in [0.3, 0.4) is 0 Å². The van der Waals surface area contributed by atoms with Gasteiger partial charge in [0.05, 0.1) is 74.8 Å². The number of aromatic nitrogens is 2. The van der Waals surface area contributed by atoms with Crippen LogP contribution in [0.15, 0.2) is 49.1 Å². The Kier molecular flexibility index (Phi) is 21.9. The molecule has 0 spiro atoms. The zero-order valence-corrected chi connectivity index (χ0v) is 33.1. The second-order valence-corrected chi connectivity index (χ2v) is 14.0. The summed E-state index contributed by atoms with van der Waals surface area (Å²) in [6.45, 7) is 7.94. The fraction of sp³-hybridized carbons (Fsp3) is 0.737. The first-order valence-electron chi connectivity index (χ1n) is 18.3. The molecule has 0 bridgehead atoms. The fourth-order valence-corrected chi connectivity index (χ4v) is 6.29. The number of aliphatic hydroxyl groups excluding tert-OH is 2. The Morgan fingerprint density at radius 3 is 1.35 bits per heavy atom. The summed E-state index contributed by atoms with van der Waals surface area (Å²) >= 11 is 0. The Morgan fingerprint density at radius 1 is 0.612 bits per heavy atom. The minimum atomic E-state index is -0.678. The minimum Gasteiger partial charge on any atom is -1.00 e. The highest BCUT2D eigenvalue weighted by atomic mass is 79.9. The van der Waals surface area contributed by atoms with Crippen LogP contribution >= 0.6 is 0 Å². The van der Waals surface area contributed by atoms with E-state index in [9.17, 15) is 10.2 Å². The van der Waals surface area contributed by atoms with E-state index in [1.165, 1.54) is 64.2 Å². The van der Waals surface area contributed by atoms with Crippen molar-refractivity contribution >= 4 is 0 Å². The molecule has 2 aromatic rings. The normalized spacial score (nSPS) is 23.8. The van der Waals surface area contributed by atoms with E-state index >= 15 is 0 Å². The largest absolute Gasteiger partial charge is 1.00 e. The molecule has 49 heavy (non-hydrogen) atoms. The second kappa shape index (κ2) is 24.3. The Morgan fingerprint density at radius 2 is 0.980 bits per heavy atom. The van der Waals surface area contributed by atoms with E-state index in [1.807, 2.05) is 24.3 Å². The van der Waals surface area contributed by atoms with E-state index in [2.05, 4.69) is 47.8 Å². The van der Waals surface area contributed by atoms with Crippen molar-refractivity contribution in [1.29, 1.82) is 0 Å². The van der Waals surface area contributed by atoms with Crippen molar-refractivity contribution in [2.45, 2.75) is 117 Å². The average Bonchev–Trinajstić information content (AvgIpc) is 3.12. The molecule has 0 radical (unpaired) electrons. The Bertz CT molecular complexity index is 1060. The Labute approximate surface area is 316 Å². The molecule has 2 aromatic heterocycles. The average molecular weight is 819 g/mol. The summed E-state index contributed by atoms with van der Waals surface area (Å²) in [5.41, 5.74) is 0.594. The van der Waals surface area contributed by atoms with Crippen LogP contribution in [0.4, 0.5) is 0 Å². The molecule has 0 aromatic carbocycles. The monoisotopic (exact) mass is 816 g/mol. The van der Waals surface area contributed by atoms with Crippen LogP contribution in [0.5, 0.6) is 0 Å². The molecule has 0 amide bonds. The summed E-state index contributed by atoms with van der Waals surface area (Å²) in [6, 6.07) is 8.12. The number of hydrogen-bond acceptors (Lipinski definition) is 7. The number of aryl methyl sites for hydroxylation is 2. The summed E-state index contributed by atoms with van der Waals surface area (Å²) in [4.78, 5) is 0. The quantitative estimate of drug-likeness (QED) is 0.125. The number of hydrogen-bond donors (Lipinski definition) is 2. The Balaban J connectivity index is 0.00000417. The zero-order valence-electron chi connectivity index (χ0n) is 29.9. The molecule has 4 rings (SSSR count). The smallest absolute Gasteiger partial charge is 0.189 e. The fourth-order valence-electron chi connectivity index (χ4n) is 6.29. The third-order valence-electron chi connectivity index (χ3n) is 9.50. The molecule has 2 aliphatic rings. The minimum absolute atomic E-state index is 0. The molecule has 2 N–H and O–H groups in total. The maximum atomic E-state index is 10.3. The number of aliphatic hydroxyl groups is 2. The summed E-state index contributed by atoms with van der Waals surface area (Å²) in [5, 5.41) is 20.6. The third-order valence-corrected chi connectivity index (χ3v) is 9.50. The lowest BCUT2D eigenvalue weighted by atomic mass is 9.89. The summed E-state index contributed by atoms with van der Waals surface area (Å²) < 4.78 is 35.1. The summed E-state index contributed by atoms with van der Waals surface area (Å²) in [5.74, 6) is 0. The van der Waals surface area contributed by atoms with E-state index in [0.29, 0.717) is 26.4 Å². The van der Waals surface area contributed by atoms with Gasteiger partial charge in [-0.25, -0.2) is 9.13 Å². The molecule has 9 nitrogen and oxygen atoms in total. The van der Waals surface area contributed by atoms with Crippen LogP contribution in [-0.2, 0) is 36.8 Å². The molecule has 2 fully saturated rings. The number of halogens is 2. The van der Waals surface area contributed by atoms with Gasteiger partial charge in [0.25, 0.3) is 0 Å². The standard InChI is InChI=1S/C38H62N2O7.2BrH/c1-3-5-7-9-11-13-19-39-21-15-17-33(23-39)35-44-29-37(25-41,30-45-35)27-43-28-38(26-42)31-46-36(47-32-38)34-18-16-22-40(24-34)20-14-12-10-8-6-4-2;;/h15-18,21-24,35-36,41-42H,3-14,19-20,25-32H2,1-2H3;2*1H/q+2;;/p-2. The van der Waals surface area contributed by atoms with Crippen LogP contribution in [0.2, 0.25) is 0 Å². The van der Waals surface area contributed by atoms with Gasteiger partial charge in [-0.15, -0.1) is 0 Å². The van der Waals surface area contributed by atoms with Crippen LogP contribution in [0.1, 0.15) is 115 Å². The highest BCUT2D eigenvalue weighted by Gasteiger charge is 2.41. The molecule has 0 saturated carbocycles. The van der Waals surface area contributed by atoms with E-state index in [4.69, 9.17) is 23.7 Å². The van der Waals surface area contributed by atoms with E-state index in [0.717, 1.165) is 37.1 Å². The third kappa shape index (κ3) is 14.5. The number of rotatable bonds is 22. The number of pyridine rings is 2. The van der Waals surface area contributed by atoms with Crippen molar-refractivity contribution < 1.29 is 77.0 Å². The Hall–Kier alpha value is -1.02. The van der Waals surface area contributed by atoms with Gasteiger partial charge in [-0.05, 0) is 25.0 Å². The van der Waals surface area contributed by atoms with Crippen molar-refractivity contribution in [3.63, 3.8) is 0 Å². The molecule has 4 heterocycles. The number of nitrogens with zero attached hydrogens (tertiary/aromatic N) is 2. The van der Waals surface area contributed by atoms with Crippen LogP contribution in [0, 0.1) is 10.8 Å². The molecule has 2 aliphatic heterocycles. The molecular weight excluding hydrogens is 756 g/mol. The van der Waals surface area contributed by atoms with Gasteiger partial charge in [-0.3, -0.25) is 0 Å². The van der Waals surface area contributed by atoms with Gasteiger partial charge < -0.3 is 67.9 Å². The van der Waals surface area contributed by atoms with E-state index < -0.39 is 23.4 Å². The molecular formula is C38H62Br2N2O7. The topological polar surface area (TPSA) is 94.4 Å². The maximum absolute atomic E-state index is 10.3. The van der Waals surface area contributed by atoms with Gasteiger partial charge in [0.15, 0.2) is 37.4 Å². The second-order valence-electron chi connectivity index (χ2n) is 14.0. The summed E-state index contributed by atoms with van der Waals surface area (Å²) in [6.07, 6.45) is 22.6. The van der Waals surface area contributed by atoms with Crippen LogP contribution in [0.25, 0.3) is 0 Å². The van der Waals surface area contributed by atoms with Crippen LogP contribution < -0.4 is 43.1 Å². The van der Waals surface area contributed by atoms with E-state index in [1.54, 1.807) is 0 Å². The predicted molar refractivity (Wildman–Crippen MR) is 179 cm³/mol. The van der Waals surface area contributed by atoms with Crippen molar-refractivity contribution in [3.05, 3.63) is 60.2 Å². The lowest BCUT2D eigenvalue weighted by molar-refractivity contribution is -0.698. The van der Waals surface area contributed by atoms with Gasteiger partial charge in [0.1, 0.15) is 13.1 Å². The predicted octanol–water partition coefficient (Wildman–Crippen LogP) is -0.244. The van der Waals surface area contributed by atoms with Gasteiger partial charge in [0, 0.05) is 25.0 Å². The number of unbranched alkanes of at least 4 members (excludes halogenated alkanes) is 10. The first kappa shape index (κ1) is 44.1. The molecule has 280 valence electrons. The lowest BCUT2D eigenvalue weighted by Crippen LogP contribution is -3.00. The maximum Gasteiger partial charge on any atom is 0.189 e. The summed E-state index contributed by atoms with van der Waals surface area (Å²) in [7, 11) is 0. The SMILES string of the molecule is CCCCCCCC[n+]1cccc(C2OCC(CO)(COCC3(CO)COC(c4ccc[n+](CCCCCCCC)c4)OC3)CO2)c1.[Br-].[Br-].